The van der Waals surface area contributed by atoms with Crippen molar-refractivity contribution in [3.05, 3.63) is 23.6 Å². The first kappa shape index (κ1) is 7.47. The van der Waals surface area contributed by atoms with Gasteiger partial charge >= 0.3 is 0 Å². The standard InChI is InChI=1S/C6H6BrFN2/c7-3-4-5(8)1-2-10-6(4)9/h1-2H,3H2,(H2,9,10). The van der Waals surface area contributed by atoms with Crippen LogP contribution in [-0.2, 0) is 5.33 Å². The fourth-order valence-corrected chi connectivity index (χ4v) is 1.17. The van der Waals surface area contributed by atoms with E-state index in [9.17, 15) is 4.39 Å². The van der Waals surface area contributed by atoms with Crippen LogP contribution >= 0.6 is 15.9 Å². The minimum atomic E-state index is -0.315. The Labute approximate surface area is 66.4 Å². The lowest BCUT2D eigenvalue weighted by Crippen LogP contribution is -1.97. The van der Waals surface area contributed by atoms with Gasteiger partial charge in [0.25, 0.3) is 0 Å². The lowest BCUT2D eigenvalue weighted by molar-refractivity contribution is 0.616. The molecule has 1 aromatic heterocycles. The van der Waals surface area contributed by atoms with Crippen molar-refractivity contribution in [2.75, 3.05) is 5.73 Å². The van der Waals surface area contributed by atoms with E-state index in [1.54, 1.807) is 0 Å². The Bertz CT molecular complexity index is 219. The number of hydrogen-bond donors (Lipinski definition) is 1. The highest BCUT2D eigenvalue weighted by atomic mass is 79.9. The summed E-state index contributed by atoms with van der Waals surface area (Å²) in [5.41, 5.74) is 5.77. The Morgan fingerprint density at radius 1 is 1.70 bits per heavy atom. The minimum absolute atomic E-state index is 0.247. The third-order valence-corrected chi connectivity index (χ3v) is 1.73. The van der Waals surface area contributed by atoms with E-state index in [1.165, 1.54) is 12.3 Å². The Morgan fingerprint density at radius 2 is 2.40 bits per heavy atom. The molecule has 0 radical (unpaired) electrons. The van der Waals surface area contributed by atoms with Crippen LogP contribution < -0.4 is 5.73 Å². The lowest BCUT2D eigenvalue weighted by atomic mass is 10.3. The molecule has 10 heavy (non-hydrogen) atoms. The predicted molar refractivity (Wildman–Crippen MR) is 41.2 cm³/mol. The second-order valence-corrected chi connectivity index (χ2v) is 2.35. The number of anilines is 1. The summed E-state index contributed by atoms with van der Waals surface area (Å²) in [5, 5.41) is 0.401. The summed E-state index contributed by atoms with van der Waals surface area (Å²) in [5.74, 6) is -0.0683. The van der Waals surface area contributed by atoms with Gasteiger partial charge < -0.3 is 5.73 Å². The van der Waals surface area contributed by atoms with Crippen molar-refractivity contribution in [1.29, 1.82) is 0 Å². The van der Waals surface area contributed by atoms with Crippen LogP contribution in [0.3, 0.4) is 0 Å². The van der Waals surface area contributed by atoms with E-state index < -0.39 is 0 Å². The molecule has 1 heterocycles. The number of rotatable bonds is 1. The molecule has 0 amide bonds. The number of nitrogen functional groups attached to an aromatic ring is 1. The van der Waals surface area contributed by atoms with Crippen molar-refractivity contribution in [2.24, 2.45) is 0 Å². The fourth-order valence-electron chi connectivity index (χ4n) is 0.616. The zero-order valence-electron chi connectivity index (χ0n) is 5.14. The SMILES string of the molecule is Nc1nccc(F)c1CBr. The van der Waals surface area contributed by atoms with Crippen molar-refractivity contribution in [3.8, 4) is 0 Å². The molecule has 2 nitrogen and oxygen atoms in total. The van der Waals surface area contributed by atoms with Gasteiger partial charge in [-0.2, -0.15) is 0 Å². The van der Waals surface area contributed by atoms with Gasteiger partial charge in [0.1, 0.15) is 11.6 Å². The van der Waals surface area contributed by atoms with Gasteiger partial charge in [0.15, 0.2) is 0 Å². The van der Waals surface area contributed by atoms with Crippen molar-refractivity contribution in [3.63, 3.8) is 0 Å². The highest BCUT2D eigenvalue weighted by Crippen LogP contribution is 2.15. The summed E-state index contributed by atoms with van der Waals surface area (Å²) < 4.78 is 12.7. The molecule has 0 aliphatic carbocycles. The van der Waals surface area contributed by atoms with Crippen molar-refractivity contribution in [2.45, 2.75) is 5.33 Å². The molecule has 2 N–H and O–H groups in total. The molecule has 4 heteroatoms. The van der Waals surface area contributed by atoms with Crippen LogP contribution in [0.15, 0.2) is 12.3 Å². The molecule has 54 valence electrons. The second kappa shape index (κ2) is 2.96. The Hall–Kier alpha value is -0.640. The van der Waals surface area contributed by atoms with Crippen LogP contribution in [0.4, 0.5) is 10.2 Å². The molecular formula is C6H6BrFN2. The van der Waals surface area contributed by atoms with Crippen molar-refractivity contribution < 1.29 is 4.39 Å². The number of nitrogens with zero attached hydrogens (tertiary/aromatic N) is 1. The zero-order valence-corrected chi connectivity index (χ0v) is 6.73. The number of hydrogen-bond acceptors (Lipinski definition) is 2. The topological polar surface area (TPSA) is 38.9 Å². The van der Waals surface area contributed by atoms with E-state index in [0.717, 1.165) is 0 Å². The molecule has 0 unspecified atom stereocenters. The molecule has 0 saturated carbocycles. The normalized spacial score (nSPS) is 9.80. The molecular weight excluding hydrogens is 199 g/mol. The van der Waals surface area contributed by atoms with Gasteiger partial charge in [0.2, 0.25) is 0 Å². The molecule has 0 atom stereocenters. The molecule has 1 rings (SSSR count). The summed E-state index contributed by atoms with van der Waals surface area (Å²) >= 11 is 3.10. The first-order chi connectivity index (χ1) is 4.75. The maximum atomic E-state index is 12.7. The van der Waals surface area contributed by atoms with Crippen LogP contribution in [0, 0.1) is 5.82 Å². The Kier molecular flexibility index (Phi) is 2.21. The van der Waals surface area contributed by atoms with E-state index in [2.05, 4.69) is 20.9 Å². The summed E-state index contributed by atoms with van der Waals surface area (Å²) in [6.07, 6.45) is 1.34. The van der Waals surface area contributed by atoms with E-state index in [-0.39, 0.29) is 11.6 Å². The van der Waals surface area contributed by atoms with E-state index in [1.807, 2.05) is 0 Å². The average molecular weight is 205 g/mol. The summed E-state index contributed by atoms with van der Waals surface area (Å²) in [6, 6.07) is 1.28. The van der Waals surface area contributed by atoms with Crippen molar-refractivity contribution >= 4 is 21.7 Å². The number of nitrogens with two attached hydrogens (primary N) is 1. The molecule has 0 saturated heterocycles. The second-order valence-electron chi connectivity index (χ2n) is 1.79. The van der Waals surface area contributed by atoms with Gasteiger partial charge in [0.05, 0.1) is 0 Å². The summed E-state index contributed by atoms with van der Waals surface area (Å²) in [4.78, 5) is 3.72. The van der Waals surface area contributed by atoms with Crippen molar-refractivity contribution in [1.82, 2.24) is 4.98 Å². The molecule has 0 aromatic carbocycles. The predicted octanol–water partition coefficient (Wildman–Crippen LogP) is 1.70. The Morgan fingerprint density at radius 3 is 2.80 bits per heavy atom. The number of halogens is 2. The maximum Gasteiger partial charge on any atom is 0.132 e. The van der Waals surface area contributed by atoms with Gasteiger partial charge in [-0.05, 0) is 6.07 Å². The van der Waals surface area contributed by atoms with Crippen LogP contribution in [0.25, 0.3) is 0 Å². The molecule has 0 spiro atoms. The largest absolute Gasteiger partial charge is 0.383 e. The number of alkyl halides is 1. The smallest absolute Gasteiger partial charge is 0.132 e. The monoisotopic (exact) mass is 204 g/mol. The third kappa shape index (κ3) is 1.26. The average Bonchev–Trinajstić information content (AvgIpc) is 1.88. The van der Waals surface area contributed by atoms with Crippen LogP contribution in [0.1, 0.15) is 5.56 Å². The van der Waals surface area contributed by atoms with E-state index in [0.29, 0.717) is 10.9 Å². The first-order valence-electron chi connectivity index (χ1n) is 2.70. The Balaban J connectivity index is 3.17. The lowest BCUT2D eigenvalue weighted by Gasteiger charge is -1.99. The number of aromatic nitrogens is 1. The van der Waals surface area contributed by atoms with Crippen LogP contribution in [0.5, 0.6) is 0 Å². The summed E-state index contributed by atoms with van der Waals surface area (Å²) in [6.45, 7) is 0. The van der Waals surface area contributed by atoms with E-state index >= 15 is 0 Å². The third-order valence-electron chi connectivity index (χ3n) is 1.17. The highest BCUT2D eigenvalue weighted by molar-refractivity contribution is 9.08. The fraction of sp³-hybridized carbons (Fsp3) is 0.167. The van der Waals surface area contributed by atoms with Gasteiger partial charge in [-0.3, -0.25) is 0 Å². The maximum absolute atomic E-state index is 12.7. The quantitative estimate of drug-likeness (QED) is 0.708. The van der Waals surface area contributed by atoms with Crippen LogP contribution in [-0.4, -0.2) is 4.98 Å². The van der Waals surface area contributed by atoms with Gasteiger partial charge in [-0.15, -0.1) is 0 Å². The molecule has 0 bridgehead atoms. The minimum Gasteiger partial charge on any atom is -0.383 e. The molecule has 1 aromatic rings. The molecule has 0 fully saturated rings. The molecule has 0 aliphatic heterocycles. The molecule has 0 aliphatic rings. The highest BCUT2D eigenvalue weighted by Gasteiger charge is 2.03. The zero-order chi connectivity index (χ0) is 7.56. The summed E-state index contributed by atoms with van der Waals surface area (Å²) in [7, 11) is 0. The van der Waals surface area contributed by atoms with Crippen LogP contribution in [0.2, 0.25) is 0 Å². The van der Waals surface area contributed by atoms with E-state index in [4.69, 9.17) is 5.73 Å². The van der Waals surface area contributed by atoms with Gasteiger partial charge in [0, 0.05) is 17.1 Å². The number of pyridine rings is 1. The van der Waals surface area contributed by atoms with Gasteiger partial charge in [-0.1, -0.05) is 15.9 Å². The van der Waals surface area contributed by atoms with Gasteiger partial charge in [-0.25, -0.2) is 9.37 Å². The first-order valence-corrected chi connectivity index (χ1v) is 3.82.